The van der Waals surface area contributed by atoms with E-state index in [-0.39, 0.29) is 17.2 Å². The second kappa shape index (κ2) is 8.72. The molecule has 1 amide bonds. The quantitative estimate of drug-likeness (QED) is 0.352. The zero-order valence-corrected chi connectivity index (χ0v) is 18.0. The lowest BCUT2D eigenvalue weighted by atomic mass is 9.95. The van der Waals surface area contributed by atoms with Crippen molar-refractivity contribution in [2.24, 2.45) is 0 Å². The van der Waals surface area contributed by atoms with Crippen LogP contribution in [0.4, 0.5) is 5.82 Å². The number of benzene rings is 2. The van der Waals surface area contributed by atoms with Crippen LogP contribution in [0.2, 0.25) is 5.02 Å². The molecule has 1 fully saturated rings. The van der Waals surface area contributed by atoms with Crippen molar-refractivity contribution in [3.05, 3.63) is 88.6 Å². The average Bonchev–Trinajstić information content (AvgIpc) is 3.09. The van der Waals surface area contributed by atoms with Gasteiger partial charge in [-0.05, 0) is 54.1 Å². The number of amides is 1. The number of carbonyl (C=O) groups excluding carboxylic acids is 2. The van der Waals surface area contributed by atoms with E-state index in [0.717, 1.165) is 0 Å². The summed E-state index contributed by atoms with van der Waals surface area (Å²) in [6.07, 6.45) is 1.53. The Morgan fingerprint density at radius 1 is 1.00 bits per heavy atom. The van der Waals surface area contributed by atoms with Gasteiger partial charge in [0.05, 0.1) is 25.8 Å². The zero-order chi connectivity index (χ0) is 22.8. The first-order valence-corrected chi connectivity index (χ1v) is 10.0. The molecule has 32 heavy (non-hydrogen) atoms. The molecule has 2 aromatic carbocycles. The van der Waals surface area contributed by atoms with Crippen molar-refractivity contribution in [1.82, 2.24) is 4.98 Å². The normalized spacial score (nSPS) is 17.5. The lowest BCUT2D eigenvalue weighted by Gasteiger charge is -2.25. The number of rotatable bonds is 5. The highest BCUT2D eigenvalue weighted by atomic mass is 35.5. The topological polar surface area (TPSA) is 89.0 Å². The molecule has 0 saturated carbocycles. The van der Waals surface area contributed by atoms with Crippen LogP contribution in [-0.4, -0.2) is 36.0 Å². The number of methoxy groups -OCH3 is 2. The van der Waals surface area contributed by atoms with Gasteiger partial charge in [0, 0.05) is 16.8 Å². The highest BCUT2D eigenvalue weighted by Gasteiger charge is 2.47. The number of anilines is 1. The van der Waals surface area contributed by atoms with E-state index in [4.69, 9.17) is 21.1 Å². The summed E-state index contributed by atoms with van der Waals surface area (Å²) in [5.74, 6) is -0.725. The second-order valence-corrected chi connectivity index (χ2v) is 7.41. The smallest absolute Gasteiger partial charge is 0.301 e. The lowest BCUT2D eigenvalue weighted by Crippen LogP contribution is -2.30. The Labute approximate surface area is 189 Å². The van der Waals surface area contributed by atoms with Gasteiger partial charge in [0.1, 0.15) is 11.6 Å². The summed E-state index contributed by atoms with van der Waals surface area (Å²) in [4.78, 5) is 31.7. The molecule has 8 heteroatoms. The van der Waals surface area contributed by atoms with Crippen molar-refractivity contribution in [2.45, 2.75) is 6.04 Å². The number of ether oxygens (including phenoxy) is 2. The van der Waals surface area contributed by atoms with E-state index in [1.54, 1.807) is 60.7 Å². The van der Waals surface area contributed by atoms with Gasteiger partial charge < -0.3 is 14.6 Å². The number of pyridine rings is 1. The fourth-order valence-electron chi connectivity index (χ4n) is 3.67. The molecule has 0 spiro atoms. The standard InChI is InChI=1S/C24H19ClN2O5/c1-31-17-11-8-15(13-18(17)32-2)21-20(22(28)14-6-9-16(25)10-7-14)23(29)24(30)27(21)19-5-3-4-12-26-19/h3-13,21,28H,1-2H3/b22-20+. The maximum atomic E-state index is 13.1. The third-order valence-electron chi connectivity index (χ3n) is 5.18. The van der Waals surface area contributed by atoms with Gasteiger partial charge in [-0.25, -0.2) is 4.98 Å². The van der Waals surface area contributed by atoms with Crippen LogP contribution < -0.4 is 14.4 Å². The minimum Gasteiger partial charge on any atom is -0.507 e. The molecule has 1 saturated heterocycles. The second-order valence-electron chi connectivity index (χ2n) is 6.98. The molecule has 1 atom stereocenters. The number of halogens is 1. The minimum atomic E-state index is -0.930. The van der Waals surface area contributed by atoms with Crippen LogP contribution in [0.5, 0.6) is 11.5 Å². The number of nitrogens with zero attached hydrogens (tertiary/aromatic N) is 2. The molecule has 0 aliphatic carbocycles. The van der Waals surface area contributed by atoms with Gasteiger partial charge in [-0.2, -0.15) is 0 Å². The Morgan fingerprint density at radius 3 is 2.34 bits per heavy atom. The molecule has 1 N–H and O–H groups in total. The lowest BCUT2D eigenvalue weighted by molar-refractivity contribution is -0.132. The summed E-state index contributed by atoms with van der Waals surface area (Å²) in [5.41, 5.74) is 0.845. The van der Waals surface area contributed by atoms with Gasteiger partial charge >= 0.3 is 5.91 Å². The van der Waals surface area contributed by atoms with Crippen molar-refractivity contribution >= 4 is 34.9 Å². The molecule has 3 aromatic rings. The summed E-state index contributed by atoms with van der Waals surface area (Å²) in [7, 11) is 3.00. The van der Waals surface area contributed by atoms with Crippen LogP contribution in [0.1, 0.15) is 17.2 Å². The fourth-order valence-corrected chi connectivity index (χ4v) is 3.79. The van der Waals surface area contributed by atoms with E-state index in [9.17, 15) is 14.7 Å². The molecule has 0 bridgehead atoms. The summed E-state index contributed by atoms with van der Waals surface area (Å²) in [6, 6.07) is 15.5. The van der Waals surface area contributed by atoms with Crippen molar-refractivity contribution in [3.8, 4) is 11.5 Å². The van der Waals surface area contributed by atoms with Crippen LogP contribution in [0.25, 0.3) is 5.76 Å². The van der Waals surface area contributed by atoms with Gasteiger partial charge in [0.2, 0.25) is 0 Å². The SMILES string of the molecule is COc1ccc(C2/C(=C(\O)c3ccc(Cl)cc3)C(=O)C(=O)N2c2ccccn2)cc1OC. The van der Waals surface area contributed by atoms with E-state index in [0.29, 0.717) is 27.6 Å². The molecule has 2 heterocycles. The fraction of sp³-hybridized carbons (Fsp3) is 0.125. The number of hydrogen-bond donors (Lipinski definition) is 1. The molecule has 4 rings (SSSR count). The van der Waals surface area contributed by atoms with Crippen LogP contribution in [-0.2, 0) is 9.59 Å². The Kier molecular flexibility index (Phi) is 5.83. The number of Topliss-reactive ketones (excluding diaryl/α,β-unsaturated/α-hetero) is 1. The number of ketones is 1. The summed E-state index contributed by atoms with van der Waals surface area (Å²) in [6.45, 7) is 0. The van der Waals surface area contributed by atoms with Crippen molar-refractivity contribution in [3.63, 3.8) is 0 Å². The summed E-state index contributed by atoms with van der Waals surface area (Å²) in [5, 5.41) is 11.6. The first-order chi connectivity index (χ1) is 15.5. The van der Waals surface area contributed by atoms with Gasteiger partial charge in [0.25, 0.3) is 5.78 Å². The van der Waals surface area contributed by atoms with Gasteiger partial charge in [-0.3, -0.25) is 14.5 Å². The third-order valence-corrected chi connectivity index (χ3v) is 5.43. The van der Waals surface area contributed by atoms with Crippen LogP contribution in [0, 0.1) is 0 Å². The summed E-state index contributed by atoms with van der Waals surface area (Å²) >= 11 is 5.96. The monoisotopic (exact) mass is 450 g/mol. The molecule has 1 aromatic heterocycles. The van der Waals surface area contributed by atoms with E-state index < -0.39 is 17.7 Å². The molecule has 0 radical (unpaired) electrons. The molecular formula is C24H19ClN2O5. The average molecular weight is 451 g/mol. The Balaban J connectivity index is 1.96. The minimum absolute atomic E-state index is 0.0600. The zero-order valence-electron chi connectivity index (χ0n) is 17.3. The highest BCUT2D eigenvalue weighted by molar-refractivity contribution is 6.51. The summed E-state index contributed by atoms with van der Waals surface area (Å²) < 4.78 is 10.7. The van der Waals surface area contributed by atoms with Crippen molar-refractivity contribution in [2.75, 3.05) is 19.1 Å². The predicted molar refractivity (Wildman–Crippen MR) is 120 cm³/mol. The number of carbonyl (C=O) groups is 2. The Morgan fingerprint density at radius 2 is 1.72 bits per heavy atom. The van der Waals surface area contributed by atoms with E-state index in [1.807, 2.05) is 0 Å². The molecule has 1 unspecified atom stereocenters. The van der Waals surface area contributed by atoms with E-state index >= 15 is 0 Å². The van der Waals surface area contributed by atoms with Crippen molar-refractivity contribution < 1.29 is 24.2 Å². The van der Waals surface area contributed by atoms with Gasteiger partial charge in [-0.1, -0.05) is 23.7 Å². The molecule has 1 aliphatic heterocycles. The highest BCUT2D eigenvalue weighted by Crippen LogP contribution is 2.43. The largest absolute Gasteiger partial charge is 0.507 e. The maximum Gasteiger partial charge on any atom is 0.301 e. The first-order valence-electron chi connectivity index (χ1n) is 9.66. The maximum absolute atomic E-state index is 13.1. The number of aliphatic hydroxyl groups excluding tert-OH is 1. The van der Waals surface area contributed by atoms with Gasteiger partial charge in [-0.15, -0.1) is 0 Å². The molecule has 7 nitrogen and oxygen atoms in total. The van der Waals surface area contributed by atoms with Crippen LogP contribution in [0.15, 0.2) is 72.4 Å². The van der Waals surface area contributed by atoms with Crippen LogP contribution in [0.3, 0.4) is 0 Å². The van der Waals surface area contributed by atoms with Gasteiger partial charge in [0.15, 0.2) is 11.5 Å². The Bertz CT molecular complexity index is 1210. The number of aromatic nitrogens is 1. The Hall–Kier alpha value is -3.84. The molecule has 162 valence electrons. The van der Waals surface area contributed by atoms with E-state index in [1.165, 1.54) is 25.3 Å². The molecular weight excluding hydrogens is 432 g/mol. The third kappa shape index (κ3) is 3.67. The number of hydrogen-bond acceptors (Lipinski definition) is 6. The number of aliphatic hydroxyl groups is 1. The first kappa shape index (κ1) is 21.4. The predicted octanol–water partition coefficient (Wildman–Crippen LogP) is 4.38. The van der Waals surface area contributed by atoms with E-state index in [2.05, 4.69) is 4.98 Å². The van der Waals surface area contributed by atoms with Crippen molar-refractivity contribution in [1.29, 1.82) is 0 Å². The molecule has 1 aliphatic rings. The van der Waals surface area contributed by atoms with Crippen LogP contribution >= 0.6 is 11.6 Å².